The van der Waals surface area contributed by atoms with Gasteiger partial charge < -0.3 is 40.9 Å². The zero-order chi connectivity index (χ0) is 39.1. The molecular formula is C32H49BN8O12. The first kappa shape index (κ1) is 42.6. The summed E-state index contributed by atoms with van der Waals surface area (Å²) < 4.78 is 0. The van der Waals surface area contributed by atoms with Crippen molar-refractivity contribution in [2.45, 2.75) is 57.1 Å². The van der Waals surface area contributed by atoms with Gasteiger partial charge in [-0.2, -0.15) is 0 Å². The van der Waals surface area contributed by atoms with Crippen molar-refractivity contribution in [1.82, 2.24) is 35.7 Å². The minimum atomic E-state index is -1.66. The Morgan fingerprint density at radius 3 is 1.96 bits per heavy atom. The van der Waals surface area contributed by atoms with E-state index in [0.29, 0.717) is 25.1 Å². The lowest BCUT2D eigenvalue weighted by Gasteiger charge is -2.30. The van der Waals surface area contributed by atoms with Gasteiger partial charge in [-0.1, -0.05) is 0 Å². The van der Waals surface area contributed by atoms with E-state index >= 15 is 0 Å². The lowest BCUT2D eigenvalue weighted by Crippen LogP contribution is -2.52. The van der Waals surface area contributed by atoms with Gasteiger partial charge in [0.25, 0.3) is 5.91 Å². The van der Waals surface area contributed by atoms with Crippen LogP contribution in [0.4, 0.5) is 5.69 Å². The molecule has 2 heterocycles. The molecule has 2 fully saturated rings. The molecule has 1 aromatic carbocycles. The Labute approximate surface area is 306 Å². The minimum absolute atomic E-state index is 0.0121. The van der Waals surface area contributed by atoms with Gasteiger partial charge >= 0.3 is 25.0 Å². The molecule has 2 saturated heterocycles. The average molecular weight is 749 g/mol. The Balaban J connectivity index is 1.40. The summed E-state index contributed by atoms with van der Waals surface area (Å²) in [7, 11) is -1.66. The third kappa shape index (κ3) is 14.3. The van der Waals surface area contributed by atoms with E-state index < -0.39 is 73.1 Å². The highest BCUT2D eigenvalue weighted by Crippen LogP contribution is 2.19. The normalized spacial score (nSPS) is 18.4. The summed E-state index contributed by atoms with van der Waals surface area (Å²) in [6.45, 7) is 2.66. The van der Waals surface area contributed by atoms with Crippen LogP contribution in [0.2, 0.25) is 0 Å². The predicted molar refractivity (Wildman–Crippen MR) is 188 cm³/mol. The number of carbonyl (C=O) groups is 7. The van der Waals surface area contributed by atoms with E-state index in [0.717, 1.165) is 0 Å². The van der Waals surface area contributed by atoms with Crippen LogP contribution < -0.4 is 21.5 Å². The number of rotatable bonds is 18. The van der Waals surface area contributed by atoms with Gasteiger partial charge in [0.1, 0.15) is 12.1 Å². The number of carbonyl (C=O) groups excluding carboxylic acids is 4. The third-order valence-corrected chi connectivity index (χ3v) is 9.00. The number of nitrogens with zero attached hydrogens (tertiary/aromatic N) is 4. The van der Waals surface area contributed by atoms with Crippen LogP contribution in [0, 0.1) is 0 Å². The van der Waals surface area contributed by atoms with Crippen LogP contribution in [0.5, 0.6) is 0 Å². The molecule has 0 aromatic heterocycles. The molecule has 2 aliphatic rings. The largest absolute Gasteiger partial charge is 0.480 e. The Kier molecular flexibility index (Phi) is 16.9. The molecule has 3 atom stereocenters. The van der Waals surface area contributed by atoms with Gasteiger partial charge in [-0.25, -0.2) is 0 Å². The summed E-state index contributed by atoms with van der Waals surface area (Å²) in [5.41, 5.74) is 5.94. The van der Waals surface area contributed by atoms with Crippen molar-refractivity contribution < 1.29 is 58.9 Å². The first-order chi connectivity index (χ1) is 25.1. The van der Waals surface area contributed by atoms with Crippen molar-refractivity contribution in [3.63, 3.8) is 0 Å². The summed E-state index contributed by atoms with van der Waals surface area (Å²) in [5.74, 6) is -6.02. The maximum atomic E-state index is 12.7. The number of hydrogen-bond donors (Lipinski definition) is 9. The molecule has 0 saturated carbocycles. The van der Waals surface area contributed by atoms with Crippen LogP contribution in [-0.4, -0.2) is 177 Å². The molecule has 0 aliphatic carbocycles. The smallest absolute Gasteiger partial charge is 0.475 e. The highest BCUT2D eigenvalue weighted by atomic mass is 16.4. The zero-order valence-electron chi connectivity index (χ0n) is 29.6. The van der Waals surface area contributed by atoms with Crippen molar-refractivity contribution in [3.05, 3.63) is 29.8 Å². The topological polar surface area (TPSA) is 282 Å². The lowest BCUT2D eigenvalue weighted by atomic mass is 9.78. The number of aliphatic carboxylic acids is 3. The number of carboxylic acid groups (broad SMARTS) is 3. The molecule has 9 N–H and O–H groups in total. The van der Waals surface area contributed by atoms with Crippen LogP contribution in [0.15, 0.2) is 24.3 Å². The zero-order valence-corrected chi connectivity index (χ0v) is 29.6. The van der Waals surface area contributed by atoms with Crippen LogP contribution in [0.1, 0.15) is 49.4 Å². The Bertz CT molecular complexity index is 1420. The molecule has 1 aromatic rings. The first-order valence-corrected chi connectivity index (χ1v) is 17.4. The average Bonchev–Trinajstić information content (AvgIpc) is 3.62. The molecule has 53 heavy (non-hydrogen) atoms. The third-order valence-electron chi connectivity index (χ3n) is 9.00. The SMILES string of the molecule is C[C@@H](NC(=O)c1ccc(NNC(=O)CCCNC(=O)CC(C(=O)O)N2CCN(CC(=O)O)CCN(CC(=O)O)CC2)cc1)C(=O)N1CCC[C@H]1B(O)O. The number of amides is 4. The molecule has 0 bridgehead atoms. The van der Waals surface area contributed by atoms with Crippen molar-refractivity contribution >= 4 is 54.3 Å². The maximum absolute atomic E-state index is 12.7. The fourth-order valence-electron chi connectivity index (χ4n) is 6.14. The van der Waals surface area contributed by atoms with E-state index in [1.165, 1.54) is 28.9 Å². The molecule has 3 rings (SSSR count). The molecule has 2 aliphatic heterocycles. The standard InChI is InChI=1S/C32H49BN8O12/c1-21(31(49)41-11-3-4-25(41)33(52)53)35-30(48)22-6-8-23(9-7-22)36-37-26(42)5-2-10-34-27(43)18-24(32(50)51)40-16-14-38(19-28(44)45)12-13-39(15-17-40)20-29(46)47/h6-9,21,24-25,36,52-53H,2-5,10-20H2,1H3,(H,34,43)(H,35,48)(H,37,42)(H,44,45)(H,46,47)(H,50,51)/t21-,24?,25+/m1/s1. The maximum Gasteiger partial charge on any atom is 0.475 e. The molecule has 20 nitrogen and oxygen atoms in total. The van der Waals surface area contributed by atoms with Gasteiger partial charge in [0, 0.05) is 64.3 Å². The van der Waals surface area contributed by atoms with Gasteiger partial charge in [-0.3, -0.25) is 59.1 Å². The summed E-state index contributed by atoms with van der Waals surface area (Å²) >= 11 is 0. The number of nitrogens with one attached hydrogen (secondary N) is 4. The molecule has 292 valence electrons. The fourth-order valence-corrected chi connectivity index (χ4v) is 6.14. The van der Waals surface area contributed by atoms with Crippen molar-refractivity contribution in [1.29, 1.82) is 0 Å². The van der Waals surface area contributed by atoms with E-state index in [-0.39, 0.29) is 77.3 Å². The minimum Gasteiger partial charge on any atom is -0.480 e. The van der Waals surface area contributed by atoms with Crippen LogP contribution in [-0.2, 0) is 28.8 Å². The summed E-state index contributed by atoms with van der Waals surface area (Å²) in [5, 5.41) is 52.7. The molecule has 1 unspecified atom stereocenters. The van der Waals surface area contributed by atoms with Crippen LogP contribution in [0.25, 0.3) is 0 Å². The van der Waals surface area contributed by atoms with E-state index in [4.69, 9.17) is 0 Å². The summed E-state index contributed by atoms with van der Waals surface area (Å²) in [6.07, 6.45) is 0.930. The Morgan fingerprint density at radius 1 is 0.830 bits per heavy atom. The van der Waals surface area contributed by atoms with E-state index in [9.17, 15) is 58.9 Å². The number of benzene rings is 1. The van der Waals surface area contributed by atoms with Gasteiger partial charge in [-0.05, 0) is 50.5 Å². The highest BCUT2D eigenvalue weighted by Gasteiger charge is 2.38. The van der Waals surface area contributed by atoms with E-state index in [1.807, 2.05) is 0 Å². The monoisotopic (exact) mass is 748 g/mol. The second-order valence-electron chi connectivity index (χ2n) is 13.0. The Hall–Kier alpha value is -4.83. The Morgan fingerprint density at radius 2 is 1.42 bits per heavy atom. The van der Waals surface area contributed by atoms with Gasteiger partial charge in [-0.15, -0.1) is 0 Å². The van der Waals surface area contributed by atoms with Crippen LogP contribution >= 0.6 is 0 Å². The van der Waals surface area contributed by atoms with Gasteiger partial charge in [0.2, 0.25) is 17.7 Å². The quantitative estimate of drug-likeness (QED) is 0.0413. The molecule has 0 radical (unpaired) electrons. The number of anilines is 1. The molecule has 21 heteroatoms. The van der Waals surface area contributed by atoms with Crippen LogP contribution in [0.3, 0.4) is 0 Å². The lowest BCUT2D eigenvalue weighted by molar-refractivity contribution is -0.146. The molecule has 4 amide bonds. The molecule has 0 spiro atoms. The second-order valence-corrected chi connectivity index (χ2v) is 13.0. The van der Waals surface area contributed by atoms with Gasteiger partial charge in [0.15, 0.2) is 0 Å². The first-order valence-electron chi connectivity index (χ1n) is 17.4. The second kappa shape index (κ2) is 21.0. The number of likely N-dealkylation sites (tertiary alicyclic amines) is 1. The van der Waals surface area contributed by atoms with Crippen molar-refractivity contribution in [3.8, 4) is 0 Å². The van der Waals surface area contributed by atoms with E-state index in [1.54, 1.807) is 21.9 Å². The van der Waals surface area contributed by atoms with E-state index in [2.05, 4.69) is 21.5 Å². The summed E-state index contributed by atoms with van der Waals surface area (Å²) in [6, 6.07) is 3.93. The summed E-state index contributed by atoms with van der Waals surface area (Å²) in [4.78, 5) is 91.4. The van der Waals surface area contributed by atoms with Gasteiger partial charge in [0.05, 0.1) is 31.1 Å². The van der Waals surface area contributed by atoms with Crippen molar-refractivity contribution in [2.24, 2.45) is 0 Å². The number of hydrogen-bond acceptors (Lipinski definition) is 13. The predicted octanol–water partition coefficient (Wildman–Crippen LogP) is -2.92. The van der Waals surface area contributed by atoms with Crippen molar-refractivity contribution in [2.75, 3.05) is 70.9 Å². The fraction of sp³-hybridized carbons (Fsp3) is 0.594. The number of carboxylic acids is 3. The highest BCUT2D eigenvalue weighted by molar-refractivity contribution is 6.43. The molecular weight excluding hydrogens is 699 g/mol. The number of hydrazine groups is 1.